The second kappa shape index (κ2) is 8.19. The van der Waals surface area contributed by atoms with Crippen molar-refractivity contribution in [1.29, 1.82) is 0 Å². The Morgan fingerprint density at radius 1 is 1.03 bits per heavy atom. The number of nitrogens with zero attached hydrogens (tertiary/aromatic N) is 6. The van der Waals surface area contributed by atoms with Gasteiger partial charge in [-0.1, -0.05) is 54.6 Å². The summed E-state index contributed by atoms with van der Waals surface area (Å²) >= 11 is 0. The molecule has 0 unspecified atom stereocenters. The first kappa shape index (κ1) is 19.8. The van der Waals surface area contributed by atoms with E-state index in [0.29, 0.717) is 12.2 Å². The Morgan fingerprint density at radius 2 is 1.81 bits per heavy atom. The van der Waals surface area contributed by atoms with Gasteiger partial charge in [0.25, 0.3) is 0 Å². The lowest BCUT2D eigenvalue weighted by Crippen LogP contribution is -1.98. The topological polar surface area (TPSA) is 84.6 Å². The maximum atomic E-state index is 4.80. The van der Waals surface area contributed by atoms with Gasteiger partial charge in [-0.3, -0.25) is 0 Å². The third-order valence-corrected chi connectivity index (χ3v) is 5.57. The highest BCUT2D eigenvalue weighted by Gasteiger charge is 2.16. The summed E-state index contributed by atoms with van der Waals surface area (Å²) in [4.78, 5) is 4.78. The minimum absolute atomic E-state index is 0.585. The van der Waals surface area contributed by atoms with E-state index < -0.39 is 0 Å². The number of aromatic amines is 1. The monoisotopic (exact) mass is 421 g/mol. The van der Waals surface area contributed by atoms with Crippen LogP contribution in [0, 0.1) is 13.8 Å². The molecule has 0 fully saturated rings. The number of hydrogen-bond donors (Lipinski definition) is 1. The van der Waals surface area contributed by atoms with Crippen molar-refractivity contribution in [3.05, 3.63) is 95.5 Å². The summed E-state index contributed by atoms with van der Waals surface area (Å²) < 4.78 is 1.94. The molecule has 0 spiro atoms. The minimum Gasteiger partial charge on any atom is -0.234 e. The van der Waals surface area contributed by atoms with Gasteiger partial charge in [0.2, 0.25) is 5.82 Å². The van der Waals surface area contributed by atoms with Crippen LogP contribution in [0.1, 0.15) is 28.2 Å². The number of H-pyrrole nitrogens is 1. The van der Waals surface area contributed by atoms with Gasteiger partial charge in [-0.25, -0.2) is 9.50 Å². The molecule has 0 aliphatic heterocycles. The number of benzene rings is 2. The number of aryl methyl sites for hydroxylation is 2. The molecule has 0 radical (unpaired) electrons. The van der Waals surface area contributed by atoms with E-state index in [0.717, 1.165) is 51.4 Å². The number of allylic oxidation sites excluding steroid dienone is 1. The minimum atomic E-state index is 0.585. The zero-order chi connectivity index (χ0) is 22.1. The largest absolute Gasteiger partial charge is 0.234 e. The molecule has 3 heterocycles. The van der Waals surface area contributed by atoms with Crippen molar-refractivity contribution in [2.45, 2.75) is 26.7 Å². The molecule has 5 rings (SSSR count). The van der Waals surface area contributed by atoms with Crippen LogP contribution in [0.4, 0.5) is 0 Å². The van der Waals surface area contributed by atoms with Crippen LogP contribution in [-0.4, -0.2) is 35.2 Å². The van der Waals surface area contributed by atoms with E-state index in [2.05, 4.69) is 70.5 Å². The highest BCUT2D eigenvalue weighted by molar-refractivity contribution is 5.80. The fourth-order valence-corrected chi connectivity index (χ4v) is 4.10. The number of nitrogens with one attached hydrogen (secondary N) is 1. The molecule has 0 saturated heterocycles. The predicted molar refractivity (Wildman–Crippen MR) is 124 cm³/mol. The molecule has 0 saturated carbocycles. The zero-order valence-corrected chi connectivity index (χ0v) is 18.1. The summed E-state index contributed by atoms with van der Waals surface area (Å²) in [5.41, 5.74) is 9.48. The Labute approximate surface area is 185 Å². The first-order valence-electron chi connectivity index (χ1n) is 10.5. The molecule has 2 aromatic carbocycles. The number of tetrazole rings is 1. The van der Waals surface area contributed by atoms with Gasteiger partial charge in [0.15, 0.2) is 5.65 Å². The first-order valence-corrected chi connectivity index (χ1v) is 10.5. The Morgan fingerprint density at radius 3 is 2.53 bits per heavy atom. The molecule has 1 N–H and O–H groups in total. The second-order valence-corrected chi connectivity index (χ2v) is 7.85. The highest BCUT2D eigenvalue weighted by atomic mass is 15.5. The lowest BCUT2D eigenvalue weighted by Gasteiger charge is -2.08. The summed E-state index contributed by atoms with van der Waals surface area (Å²) in [6.07, 6.45) is 3.37. The summed E-state index contributed by atoms with van der Waals surface area (Å²) in [6.45, 7) is 7.98. The van der Waals surface area contributed by atoms with Gasteiger partial charge in [0.1, 0.15) is 0 Å². The molecule has 0 aliphatic carbocycles. The van der Waals surface area contributed by atoms with E-state index in [1.807, 2.05) is 35.7 Å². The molecule has 0 amide bonds. The van der Waals surface area contributed by atoms with Crippen molar-refractivity contribution in [1.82, 2.24) is 35.2 Å². The first-order chi connectivity index (χ1) is 15.6. The van der Waals surface area contributed by atoms with Gasteiger partial charge in [0.05, 0.1) is 5.69 Å². The average molecular weight is 422 g/mol. The Bertz CT molecular complexity index is 1400. The third kappa shape index (κ3) is 3.58. The van der Waals surface area contributed by atoms with Gasteiger partial charge in [-0.05, 0) is 41.8 Å². The van der Waals surface area contributed by atoms with Gasteiger partial charge < -0.3 is 0 Å². The number of aromatic nitrogens is 7. The summed E-state index contributed by atoms with van der Waals surface area (Å²) in [6, 6.07) is 18.7. The lowest BCUT2D eigenvalue weighted by atomic mass is 9.96. The van der Waals surface area contributed by atoms with E-state index in [4.69, 9.17) is 10.1 Å². The third-order valence-electron chi connectivity index (χ3n) is 5.57. The zero-order valence-electron chi connectivity index (χ0n) is 18.1. The van der Waals surface area contributed by atoms with Crippen molar-refractivity contribution in [3.63, 3.8) is 0 Å². The fourth-order valence-electron chi connectivity index (χ4n) is 4.10. The van der Waals surface area contributed by atoms with Crippen LogP contribution < -0.4 is 0 Å². The highest BCUT2D eigenvalue weighted by Crippen LogP contribution is 2.30. The van der Waals surface area contributed by atoms with Crippen LogP contribution >= 0.6 is 0 Å². The van der Waals surface area contributed by atoms with E-state index in [-0.39, 0.29) is 0 Å². The van der Waals surface area contributed by atoms with Crippen molar-refractivity contribution < 1.29 is 0 Å². The summed E-state index contributed by atoms with van der Waals surface area (Å²) in [7, 11) is 0. The maximum absolute atomic E-state index is 4.80. The van der Waals surface area contributed by atoms with Crippen molar-refractivity contribution in [2.24, 2.45) is 0 Å². The summed E-state index contributed by atoms with van der Waals surface area (Å²) in [5.74, 6) is 0.585. The van der Waals surface area contributed by atoms with Crippen molar-refractivity contribution in [3.8, 4) is 22.5 Å². The molecular formula is C25H23N7. The van der Waals surface area contributed by atoms with Gasteiger partial charge in [-0.2, -0.15) is 10.3 Å². The van der Waals surface area contributed by atoms with Gasteiger partial charge >= 0.3 is 0 Å². The van der Waals surface area contributed by atoms with E-state index in [1.54, 1.807) is 0 Å². The maximum Gasteiger partial charge on any atom is 0.205 e. The lowest BCUT2D eigenvalue weighted by molar-refractivity contribution is 0.860. The summed E-state index contributed by atoms with van der Waals surface area (Å²) in [5, 5.41) is 19.3. The normalized spacial score (nSPS) is 11.2. The van der Waals surface area contributed by atoms with Crippen LogP contribution in [0.15, 0.2) is 67.3 Å². The molecular weight excluding hydrogens is 398 g/mol. The van der Waals surface area contributed by atoms with E-state index >= 15 is 0 Å². The number of fused-ring (bicyclic) bond motifs is 1. The Balaban J connectivity index is 1.51. The predicted octanol–water partition coefficient (Wildman–Crippen LogP) is 4.51. The molecule has 0 aliphatic rings. The van der Waals surface area contributed by atoms with Crippen LogP contribution in [0.2, 0.25) is 0 Å². The molecule has 7 heteroatoms. The molecule has 32 heavy (non-hydrogen) atoms. The molecule has 7 nitrogen and oxygen atoms in total. The van der Waals surface area contributed by atoms with Crippen LogP contribution in [-0.2, 0) is 12.8 Å². The molecule has 0 atom stereocenters. The molecule has 3 aromatic heterocycles. The van der Waals surface area contributed by atoms with Gasteiger partial charge in [-0.15, -0.1) is 16.8 Å². The SMILES string of the molecule is C=CCc1nn2c(C)cc(C)nc2c1Cc1ccc(-c2ccccc2-c2nn[nH]n2)cc1. The Hall–Kier alpha value is -4.13. The van der Waals surface area contributed by atoms with Crippen LogP contribution in [0.5, 0.6) is 0 Å². The average Bonchev–Trinajstić information content (AvgIpc) is 3.44. The van der Waals surface area contributed by atoms with E-state index in [9.17, 15) is 0 Å². The quantitative estimate of drug-likeness (QED) is 0.408. The standard InChI is InChI=1S/C25H23N7/c1-4-7-23-22(25-26-16(2)14-17(3)32(25)29-23)15-18-10-12-19(13-11-18)20-8-5-6-9-21(20)24-27-30-31-28-24/h4-6,8-14H,1,7,15H2,2-3H3,(H,27,28,30,31). The number of rotatable bonds is 6. The molecule has 158 valence electrons. The number of hydrogen-bond acceptors (Lipinski definition) is 5. The van der Waals surface area contributed by atoms with Crippen molar-refractivity contribution >= 4 is 5.65 Å². The van der Waals surface area contributed by atoms with Crippen LogP contribution in [0.3, 0.4) is 0 Å². The second-order valence-electron chi connectivity index (χ2n) is 7.85. The van der Waals surface area contributed by atoms with Crippen LogP contribution in [0.25, 0.3) is 28.2 Å². The van der Waals surface area contributed by atoms with Crippen molar-refractivity contribution in [2.75, 3.05) is 0 Å². The Kier molecular flexibility index (Phi) is 5.07. The molecule has 0 bridgehead atoms. The smallest absolute Gasteiger partial charge is 0.205 e. The fraction of sp³-hybridized carbons (Fsp3) is 0.160. The van der Waals surface area contributed by atoms with E-state index in [1.165, 1.54) is 5.56 Å². The van der Waals surface area contributed by atoms with Gasteiger partial charge in [0, 0.05) is 35.4 Å². The molecule has 5 aromatic rings.